The summed E-state index contributed by atoms with van der Waals surface area (Å²) in [4.78, 5) is 14.2. The van der Waals surface area contributed by atoms with Gasteiger partial charge in [0, 0.05) is 19.1 Å². The van der Waals surface area contributed by atoms with Gasteiger partial charge in [-0.1, -0.05) is 0 Å². The van der Waals surface area contributed by atoms with E-state index in [1.54, 1.807) is 11.0 Å². The fourth-order valence-corrected chi connectivity index (χ4v) is 2.19. The maximum atomic E-state index is 12.4. The number of furan rings is 1. The third-order valence-corrected chi connectivity index (χ3v) is 3.24. The molecule has 2 unspecified atom stereocenters. The number of ether oxygens (including phenoxy) is 1. The van der Waals surface area contributed by atoms with E-state index in [9.17, 15) is 4.79 Å². The second-order valence-electron chi connectivity index (χ2n) is 4.85. The van der Waals surface area contributed by atoms with Crippen molar-refractivity contribution in [1.82, 2.24) is 4.90 Å². The minimum atomic E-state index is -0.0870. The first kappa shape index (κ1) is 13.1. The van der Waals surface area contributed by atoms with Gasteiger partial charge in [-0.3, -0.25) is 4.79 Å². The van der Waals surface area contributed by atoms with Crippen LogP contribution in [0, 0.1) is 13.8 Å². The van der Waals surface area contributed by atoms with Gasteiger partial charge in [-0.15, -0.1) is 0 Å². The molecule has 0 aromatic carbocycles. The van der Waals surface area contributed by atoms with E-state index < -0.39 is 0 Å². The summed E-state index contributed by atoms with van der Waals surface area (Å²) in [6, 6.07) is 1.71. The van der Waals surface area contributed by atoms with Crippen molar-refractivity contribution in [3.8, 4) is 0 Å². The summed E-state index contributed by atoms with van der Waals surface area (Å²) in [5, 5.41) is 0. The lowest BCUT2D eigenvalue weighted by atomic mass is 10.1. The van der Waals surface area contributed by atoms with Gasteiger partial charge in [-0.25, -0.2) is 0 Å². The minimum Gasteiger partial charge on any atom is -0.466 e. The summed E-state index contributed by atoms with van der Waals surface area (Å²) in [5.41, 5.74) is 6.46. The number of amides is 1. The van der Waals surface area contributed by atoms with Crippen molar-refractivity contribution >= 4 is 5.91 Å². The highest BCUT2D eigenvalue weighted by atomic mass is 16.5. The van der Waals surface area contributed by atoms with Crippen LogP contribution in [0.25, 0.3) is 0 Å². The lowest BCUT2D eigenvalue weighted by Gasteiger charge is -2.34. The molecule has 0 radical (unpaired) electrons. The molecule has 0 bridgehead atoms. The van der Waals surface area contributed by atoms with Crippen molar-refractivity contribution in [2.24, 2.45) is 5.73 Å². The van der Waals surface area contributed by atoms with Gasteiger partial charge >= 0.3 is 0 Å². The zero-order valence-electron chi connectivity index (χ0n) is 11.1. The first-order chi connectivity index (χ1) is 8.49. The Morgan fingerprint density at radius 2 is 2.28 bits per heavy atom. The quantitative estimate of drug-likeness (QED) is 0.855. The van der Waals surface area contributed by atoms with E-state index >= 15 is 0 Å². The Morgan fingerprint density at radius 1 is 1.56 bits per heavy atom. The number of rotatable bonds is 2. The summed E-state index contributed by atoms with van der Waals surface area (Å²) in [6.45, 7) is 7.23. The molecule has 2 rings (SSSR count). The van der Waals surface area contributed by atoms with Gasteiger partial charge in [0.2, 0.25) is 0 Å². The van der Waals surface area contributed by atoms with Gasteiger partial charge in [0.15, 0.2) is 0 Å². The normalized spacial score (nSPS) is 22.0. The SMILES string of the molecule is Cc1cc(C(=O)N2CCOC(C(C)N)C2)c(C)o1. The maximum Gasteiger partial charge on any atom is 0.257 e. The van der Waals surface area contributed by atoms with E-state index in [1.165, 1.54) is 0 Å². The number of aryl methyl sites for hydroxylation is 2. The first-order valence-electron chi connectivity index (χ1n) is 6.22. The van der Waals surface area contributed by atoms with Crippen molar-refractivity contribution in [2.75, 3.05) is 19.7 Å². The standard InChI is InChI=1S/C13H20N2O3/c1-8-6-11(10(3)18-8)13(16)15-4-5-17-12(7-15)9(2)14/h6,9,12H,4-5,7,14H2,1-3H3. The van der Waals surface area contributed by atoms with Crippen LogP contribution in [-0.2, 0) is 4.74 Å². The highest BCUT2D eigenvalue weighted by Gasteiger charge is 2.28. The minimum absolute atomic E-state index is 0.00157. The Hall–Kier alpha value is -1.33. The van der Waals surface area contributed by atoms with Crippen LogP contribution < -0.4 is 5.73 Å². The van der Waals surface area contributed by atoms with Gasteiger partial charge in [0.1, 0.15) is 11.5 Å². The van der Waals surface area contributed by atoms with Crippen molar-refractivity contribution in [3.05, 3.63) is 23.2 Å². The topological polar surface area (TPSA) is 68.7 Å². The number of hydrogen-bond donors (Lipinski definition) is 1. The van der Waals surface area contributed by atoms with E-state index in [-0.39, 0.29) is 18.1 Å². The Labute approximate surface area is 107 Å². The van der Waals surface area contributed by atoms with E-state index in [1.807, 2.05) is 20.8 Å². The number of nitrogens with two attached hydrogens (primary N) is 1. The van der Waals surface area contributed by atoms with Gasteiger partial charge in [-0.05, 0) is 26.8 Å². The summed E-state index contributed by atoms with van der Waals surface area (Å²) < 4.78 is 10.9. The summed E-state index contributed by atoms with van der Waals surface area (Å²) >= 11 is 0. The molecule has 1 aliphatic rings. The molecule has 5 heteroatoms. The molecular weight excluding hydrogens is 232 g/mol. The molecule has 2 atom stereocenters. The molecule has 1 fully saturated rings. The molecule has 1 aromatic rings. The van der Waals surface area contributed by atoms with Crippen molar-refractivity contribution in [2.45, 2.75) is 32.9 Å². The molecule has 18 heavy (non-hydrogen) atoms. The number of nitrogens with zero attached hydrogens (tertiary/aromatic N) is 1. The van der Waals surface area contributed by atoms with Gasteiger partial charge in [-0.2, -0.15) is 0 Å². The molecule has 0 saturated carbocycles. The van der Waals surface area contributed by atoms with Gasteiger partial charge in [0.25, 0.3) is 5.91 Å². The van der Waals surface area contributed by atoms with E-state index in [0.29, 0.717) is 31.0 Å². The fraction of sp³-hybridized carbons (Fsp3) is 0.615. The van der Waals surface area contributed by atoms with Crippen LogP contribution in [-0.4, -0.2) is 42.6 Å². The zero-order valence-corrected chi connectivity index (χ0v) is 11.1. The molecule has 1 aliphatic heterocycles. The Kier molecular flexibility index (Phi) is 3.73. The van der Waals surface area contributed by atoms with Crippen LogP contribution in [0.1, 0.15) is 28.8 Å². The predicted octanol–water partition coefficient (Wildman–Crippen LogP) is 1.08. The maximum absolute atomic E-state index is 12.4. The monoisotopic (exact) mass is 252 g/mol. The predicted molar refractivity (Wildman–Crippen MR) is 67.5 cm³/mol. The van der Waals surface area contributed by atoms with Gasteiger partial charge < -0.3 is 19.8 Å². The Morgan fingerprint density at radius 3 is 2.83 bits per heavy atom. The van der Waals surface area contributed by atoms with Crippen LogP contribution in [0.15, 0.2) is 10.5 Å². The molecule has 2 N–H and O–H groups in total. The zero-order chi connectivity index (χ0) is 13.3. The number of carbonyl (C=O) groups is 1. The average molecular weight is 252 g/mol. The second kappa shape index (κ2) is 5.12. The molecule has 0 spiro atoms. The fourth-order valence-electron chi connectivity index (χ4n) is 2.19. The largest absolute Gasteiger partial charge is 0.466 e. The highest BCUT2D eigenvalue weighted by molar-refractivity contribution is 5.95. The lowest BCUT2D eigenvalue weighted by molar-refractivity contribution is -0.0300. The molecule has 1 aromatic heterocycles. The number of morpholine rings is 1. The molecule has 1 saturated heterocycles. The van der Waals surface area contributed by atoms with Gasteiger partial charge in [0.05, 0.1) is 18.3 Å². The van der Waals surface area contributed by atoms with Crippen molar-refractivity contribution in [3.63, 3.8) is 0 Å². The number of carbonyl (C=O) groups excluding carboxylic acids is 1. The number of hydrogen-bond acceptors (Lipinski definition) is 4. The third kappa shape index (κ3) is 2.57. The average Bonchev–Trinajstić information content (AvgIpc) is 2.67. The van der Waals surface area contributed by atoms with Crippen molar-refractivity contribution < 1.29 is 13.9 Å². The van der Waals surface area contributed by atoms with Crippen LogP contribution in [0.3, 0.4) is 0 Å². The molecule has 2 heterocycles. The second-order valence-corrected chi connectivity index (χ2v) is 4.85. The summed E-state index contributed by atoms with van der Waals surface area (Å²) in [7, 11) is 0. The smallest absolute Gasteiger partial charge is 0.257 e. The van der Waals surface area contributed by atoms with Crippen LogP contribution in [0.5, 0.6) is 0 Å². The molecular formula is C13H20N2O3. The van der Waals surface area contributed by atoms with Crippen LogP contribution in [0.4, 0.5) is 0 Å². The van der Waals surface area contributed by atoms with Crippen molar-refractivity contribution in [1.29, 1.82) is 0 Å². The molecule has 1 amide bonds. The van der Waals surface area contributed by atoms with Crippen LogP contribution >= 0.6 is 0 Å². The highest BCUT2D eigenvalue weighted by Crippen LogP contribution is 2.18. The summed E-state index contributed by atoms with van der Waals surface area (Å²) in [5.74, 6) is 1.42. The van der Waals surface area contributed by atoms with E-state index in [2.05, 4.69) is 0 Å². The molecule has 100 valence electrons. The Bertz CT molecular complexity index is 439. The lowest BCUT2D eigenvalue weighted by Crippen LogP contribution is -2.51. The van der Waals surface area contributed by atoms with E-state index in [0.717, 1.165) is 5.76 Å². The Balaban J connectivity index is 2.11. The summed E-state index contributed by atoms with van der Waals surface area (Å²) in [6.07, 6.45) is -0.0870. The van der Waals surface area contributed by atoms with Crippen LogP contribution in [0.2, 0.25) is 0 Å². The molecule has 0 aliphatic carbocycles. The van der Waals surface area contributed by atoms with E-state index in [4.69, 9.17) is 14.9 Å². The third-order valence-electron chi connectivity index (χ3n) is 3.24. The molecule has 5 nitrogen and oxygen atoms in total. The first-order valence-corrected chi connectivity index (χ1v) is 6.22.